The molecule has 0 saturated carbocycles. The lowest BCUT2D eigenvalue weighted by atomic mass is 10.0. The summed E-state index contributed by atoms with van der Waals surface area (Å²) in [6, 6.07) is 3.95. The van der Waals surface area contributed by atoms with Gasteiger partial charge in [-0.2, -0.15) is 0 Å². The number of nitrogens with zero attached hydrogens (tertiary/aromatic N) is 1. The molecule has 6 nitrogen and oxygen atoms in total. The van der Waals surface area contributed by atoms with Crippen LogP contribution in [-0.4, -0.2) is 23.8 Å². The van der Waals surface area contributed by atoms with Crippen molar-refractivity contribution in [3.05, 3.63) is 39.4 Å². The van der Waals surface area contributed by atoms with Crippen LogP contribution in [-0.2, 0) is 9.53 Å². The smallest absolute Gasteiger partial charge is 0.313 e. The van der Waals surface area contributed by atoms with Crippen LogP contribution in [0.4, 0.5) is 5.69 Å². The highest BCUT2D eigenvalue weighted by molar-refractivity contribution is 6.07. The average molecular weight is 237 g/mol. The molecule has 90 valence electrons. The molecular formula is C11H11NO5. The van der Waals surface area contributed by atoms with Crippen molar-refractivity contribution in [2.75, 3.05) is 7.11 Å². The molecule has 0 bridgehead atoms. The van der Waals surface area contributed by atoms with Gasteiger partial charge in [-0.15, -0.1) is 0 Å². The van der Waals surface area contributed by atoms with Crippen LogP contribution in [0.2, 0.25) is 0 Å². The summed E-state index contributed by atoms with van der Waals surface area (Å²) in [6.45, 7) is 1.65. The quantitative estimate of drug-likeness (QED) is 0.261. The number of rotatable bonds is 4. The lowest BCUT2D eigenvalue weighted by molar-refractivity contribution is -0.384. The number of Topliss-reactive ketones (excluding diaryl/α,β-unsaturated/α-hetero) is 1. The van der Waals surface area contributed by atoms with Crippen LogP contribution in [0.5, 0.6) is 0 Å². The summed E-state index contributed by atoms with van der Waals surface area (Å²) in [7, 11) is 1.18. The predicted molar refractivity (Wildman–Crippen MR) is 58.8 cm³/mol. The molecule has 0 fully saturated rings. The molecule has 0 aliphatic carbocycles. The molecule has 0 atom stereocenters. The van der Waals surface area contributed by atoms with Gasteiger partial charge in [0.05, 0.1) is 12.0 Å². The van der Waals surface area contributed by atoms with Crippen molar-refractivity contribution in [1.29, 1.82) is 0 Å². The van der Waals surface area contributed by atoms with E-state index in [1.807, 2.05) is 0 Å². The zero-order chi connectivity index (χ0) is 13.0. The van der Waals surface area contributed by atoms with E-state index in [1.54, 1.807) is 6.92 Å². The largest absolute Gasteiger partial charge is 0.469 e. The number of hydrogen-bond donors (Lipinski definition) is 0. The van der Waals surface area contributed by atoms with Gasteiger partial charge < -0.3 is 4.74 Å². The third-order valence-electron chi connectivity index (χ3n) is 2.26. The van der Waals surface area contributed by atoms with Crippen molar-refractivity contribution in [1.82, 2.24) is 0 Å². The third-order valence-corrected chi connectivity index (χ3v) is 2.26. The fourth-order valence-electron chi connectivity index (χ4n) is 1.32. The van der Waals surface area contributed by atoms with Crippen molar-refractivity contribution in [2.24, 2.45) is 0 Å². The van der Waals surface area contributed by atoms with Crippen molar-refractivity contribution in [3.63, 3.8) is 0 Å². The summed E-state index contributed by atoms with van der Waals surface area (Å²) in [6.07, 6.45) is -0.418. The van der Waals surface area contributed by atoms with Crippen LogP contribution in [0.3, 0.4) is 0 Å². The first-order valence-corrected chi connectivity index (χ1v) is 4.80. The molecule has 0 aliphatic rings. The topological polar surface area (TPSA) is 86.5 Å². The summed E-state index contributed by atoms with van der Waals surface area (Å²) >= 11 is 0. The van der Waals surface area contributed by atoms with Gasteiger partial charge in [-0.3, -0.25) is 19.7 Å². The first-order chi connectivity index (χ1) is 7.95. The molecule has 0 N–H and O–H groups in total. The molecule has 1 aromatic rings. The normalized spacial score (nSPS) is 9.76. The van der Waals surface area contributed by atoms with Gasteiger partial charge in [0, 0.05) is 17.7 Å². The van der Waals surface area contributed by atoms with Crippen LogP contribution < -0.4 is 0 Å². The second-order valence-electron chi connectivity index (χ2n) is 3.43. The highest BCUT2D eigenvalue weighted by Gasteiger charge is 2.17. The predicted octanol–water partition coefficient (Wildman–Crippen LogP) is 1.65. The van der Waals surface area contributed by atoms with E-state index in [9.17, 15) is 19.7 Å². The number of carbonyl (C=O) groups excluding carboxylic acids is 2. The Morgan fingerprint density at radius 1 is 1.41 bits per heavy atom. The van der Waals surface area contributed by atoms with Gasteiger partial charge in [-0.25, -0.2) is 0 Å². The van der Waals surface area contributed by atoms with E-state index in [1.165, 1.54) is 25.3 Å². The molecule has 6 heteroatoms. The van der Waals surface area contributed by atoms with E-state index in [0.717, 1.165) is 0 Å². The molecule has 0 amide bonds. The van der Waals surface area contributed by atoms with Crippen molar-refractivity contribution < 1.29 is 19.2 Å². The highest BCUT2D eigenvalue weighted by Crippen LogP contribution is 2.18. The summed E-state index contributed by atoms with van der Waals surface area (Å²) in [5.74, 6) is -1.15. The second-order valence-corrected chi connectivity index (χ2v) is 3.43. The third kappa shape index (κ3) is 3.10. The maximum atomic E-state index is 11.7. The van der Waals surface area contributed by atoms with Gasteiger partial charge in [-0.1, -0.05) is 6.07 Å². The zero-order valence-electron chi connectivity index (χ0n) is 9.43. The van der Waals surface area contributed by atoms with Crippen LogP contribution in [0.1, 0.15) is 22.3 Å². The van der Waals surface area contributed by atoms with Gasteiger partial charge in [0.25, 0.3) is 5.69 Å². The number of aryl methyl sites for hydroxylation is 1. The minimum atomic E-state index is -0.666. The molecule has 0 heterocycles. The number of esters is 1. The molecule has 0 unspecified atom stereocenters. The van der Waals surface area contributed by atoms with Crippen molar-refractivity contribution in [2.45, 2.75) is 13.3 Å². The Morgan fingerprint density at radius 2 is 2.06 bits per heavy atom. The molecule has 0 aromatic heterocycles. The van der Waals surface area contributed by atoms with E-state index < -0.39 is 23.1 Å². The maximum Gasteiger partial charge on any atom is 0.313 e. The monoisotopic (exact) mass is 237 g/mol. The minimum absolute atomic E-state index is 0.171. The minimum Gasteiger partial charge on any atom is -0.469 e. The standard InChI is InChI=1S/C11H11NO5/c1-7-3-4-8(12(15)16)5-9(7)10(13)6-11(14)17-2/h3-5H,6H2,1-2H3. The van der Waals surface area contributed by atoms with Crippen LogP contribution in [0, 0.1) is 17.0 Å². The number of ketones is 1. The van der Waals surface area contributed by atoms with E-state index >= 15 is 0 Å². The number of nitro groups is 1. The average Bonchev–Trinajstić information content (AvgIpc) is 2.28. The number of ether oxygens (including phenoxy) is 1. The molecule has 0 radical (unpaired) electrons. The van der Waals surface area contributed by atoms with E-state index in [0.29, 0.717) is 5.56 Å². The molecule has 1 aromatic carbocycles. The van der Waals surface area contributed by atoms with Gasteiger partial charge in [0.1, 0.15) is 6.42 Å². The summed E-state index contributed by atoms with van der Waals surface area (Å²) in [5, 5.41) is 10.6. The summed E-state index contributed by atoms with van der Waals surface area (Å²) < 4.78 is 4.37. The van der Waals surface area contributed by atoms with Crippen LogP contribution >= 0.6 is 0 Å². The fourth-order valence-corrected chi connectivity index (χ4v) is 1.32. The Labute approximate surface area is 97.3 Å². The fraction of sp³-hybridized carbons (Fsp3) is 0.273. The number of nitro benzene ring substituents is 1. The van der Waals surface area contributed by atoms with Gasteiger partial charge in [0.15, 0.2) is 5.78 Å². The molecular weight excluding hydrogens is 226 g/mol. The van der Waals surface area contributed by atoms with E-state index in [4.69, 9.17) is 0 Å². The molecule has 0 aliphatic heterocycles. The lowest BCUT2D eigenvalue weighted by Crippen LogP contribution is -2.11. The van der Waals surface area contributed by atoms with Gasteiger partial charge >= 0.3 is 5.97 Å². The number of benzene rings is 1. The number of methoxy groups -OCH3 is 1. The Kier molecular flexibility index (Phi) is 3.92. The number of carbonyl (C=O) groups is 2. The molecule has 1 rings (SSSR count). The summed E-state index contributed by atoms with van der Waals surface area (Å²) in [4.78, 5) is 32.6. The van der Waals surface area contributed by atoms with Gasteiger partial charge in [0.2, 0.25) is 0 Å². The van der Waals surface area contributed by atoms with Crippen molar-refractivity contribution >= 4 is 17.4 Å². The lowest BCUT2D eigenvalue weighted by Gasteiger charge is -2.03. The maximum absolute atomic E-state index is 11.7. The van der Waals surface area contributed by atoms with Gasteiger partial charge in [-0.05, 0) is 12.5 Å². The highest BCUT2D eigenvalue weighted by atomic mass is 16.6. The molecule has 0 saturated heterocycles. The van der Waals surface area contributed by atoms with Crippen molar-refractivity contribution in [3.8, 4) is 0 Å². The molecule has 0 spiro atoms. The molecule has 17 heavy (non-hydrogen) atoms. The van der Waals surface area contributed by atoms with E-state index in [2.05, 4.69) is 4.74 Å². The van der Waals surface area contributed by atoms with Crippen LogP contribution in [0.25, 0.3) is 0 Å². The Hall–Kier alpha value is -2.24. The Bertz CT molecular complexity index is 481. The first kappa shape index (κ1) is 12.8. The number of hydrogen-bond acceptors (Lipinski definition) is 5. The second kappa shape index (κ2) is 5.20. The summed E-state index contributed by atoms with van der Waals surface area (Å²) in [5.41, 5.74) is 0.581. The van der Waals surface area contributed by atoms with E-state index in [-0.39, 0.29) is 11.3 Å². The Morgan fingerprint density at radius 3 is 2.59 bits per heavy atom. The van der Waals surface area contributed by atoms with Crippen LogP contribution in [0.15, 0.2) is 18.2 Å². The first-order valence-electron chi connectivity index (χ1n) is 4.80. The zero-order valence-corrected chi connectivity index (χ0v) is 9.43. The Balaban J connectivity index is 3.04. The number of non-ortho nitro benzene ring substituents is 1. The SMILES string of the molecule is COC(=O)CC(=O)c1cc([N+](=O)[O-])ccc1C.